The average molecular weight is 420 g/mol. The van der Waals surface area contributed by atoms with Crippen LogP contribution in [0.4, 0.5) is 5.69 Å². The molecule has 3 heterocycles. The summed E-state index contributed by atoms with van der Waals surface area (Å²) in [6.07, 6.45) is 1.65. The van der Waals surface area contributed by atoms with Gasteiger partial charge in [0.2, 0.25) is 0 Å². The van der Waals surface area contributed by atoms with Crippen LogP contribution in [0.5, 0.6) is 0 Å². The van der Waals surface area contributed by atoms with Crippen LogP contribution in [0.2, 0.25) is 10.0 Å². The first-order valence-corrected chi connectivity index (χ1v) is 9.70. The number of piperazine rings is 1. The molecule has 0 bridgehead atoms. The van der Waals surface area contributed by atoms with Crippen LogP contribution in [0.3, 0.4) is 0 Å². The standard InChI is InChI=1S/C19H19Cl2N5O2/c1-13-10-15(23-28-13)12-24-6-8-25(9-7-24)17-11-22-26(19(27)18(17)21)16-4-2-14(20)3-5-16/h2-5,10-11H,6-9,12H2,1H3. The maximum atomic E-state index is 12.7. The largest absolute Gasteiger partial charge is 0.366 e. The van der Waals surface area contributed by atoms with Crippen molar-refractivity contribution in [1.82, 2.24) is 19.8 Å². The lowest BCUT2D eigenvalue weighted by Gasteiger charge is -2.35. The lowest BCUT2D eigenvalue weighted by molar-refractivity contribution is 0.241. The average Bonchev–Trinajstić information content (AvgIpc) is 3.10. The summed E-state index contributed by atoms with van der Waals surface area (Å²) < 4.78 is 6.41. The van der Waals surface area contributed by atoms with E-state index in [4.69, 9.17) is 27.7 Å². The molecule has 1 aliphatic heterocycles. The van der Waals surface area contributed by atoms with Crippen molar-refractivity contribution in [3.05, 3.63) is 68.4 Å². The quantitative estimate of drug-likeness (QED) is 0.646. The van der Waals surface area contributed by atoms with Crippen molar-refractivity contribution in [3.8, 4) is 5.69 Å². The van der Waals surface area contributed by atoms with Crippen molar-refractivity contribution in [2.45, 2.75) is 13.5 Å². The highest BCUT2D eigenvalue weighted by Crippen LogP contribution is 2.23. The second-order valence-corrected chi connectivity index (χ2v) is 7.54. The van der Waals surface area contributed by atoms with E-state index in [1.807, 2.05) is 13.0 Å². The van der Waals surface area contributed by atoms with Crippen LogP contribution < -0.4 is 10.5 Å². The summed E-state index contributed by atoms with van der Waals surface area (Å²) in [5, 5.41) is 9.11. The van der Waals surface area contributed by atoms with E-state index >= 15 is 0 Å². The third kappa shape index (κ3) is 3.92. The monoisotopic (exact) mass is 419 g/mol. The van der Waals surface area contributed by atoms with E-state index in [1.165, 1.54) is 4.68 Å². The smallest absolute Gasteiger partial charge is 0.292 e. The van der Waals surface area contributed by atoms with E-state index in [2.05, 4.69) is 20.1 Å². The number of aryl methyl sites for hydroxylation is 1. The molecule has 1 saturated heterocycles. The molecule has 4 rings (SSSR count). The van der Waals surface area contributed by atoms with Crippen molar-refractivity contribution in [2.24, 2.45) is 0 Å². The van der Waals surface area contributed by atoms with Gasteiger partial charge in [-0.25, -0.2) is 0 Å². The normalized spacial score (nSPS) is 15.2. The highest BCUT2D eigenvalue weighted by atomic mass is 35.5. The molecule has 28 heavy (non-hydrogen) atoms. The van der Waals surface area contributed by atoms with Crippen LogP contribution >= 0.6 is 23.2 Å². The summed E-state index contributed by atoms with van der Waals surface area (Å²) in [4.78, 5) is 17.1. The first-order chi connectivity index (χ1) is 13.5. The molecule has 3 aromatic rings. The van der Waals surface area contributed by atoms with Crippen molar-refractivity contribution >= 4 is 28.9 Å². The lowest BCUT2D eigenvalue weighted by atomic mass is 10.2. The third-order valence-corrected chi connectivity index (χ3v) is 5.35. The Morgan fingerprint density at radius 1 is 1.11 bits per heavy atom. The highest BCUT2D eigenvalue weighted by Gasteiger charge is 2.22. The van der Waals surface area contributed by atoms with Crippen LogP contribution in [-0.2, 0) is 6.54 Å². The molecule has 146 valence electrons. The molecule has 0 atom stereocenters. The molecule has 0 unspecified atom stereocenters. The first kappa shape index (κ1) is 19.0. The van der Waals surface area contributed by atoms with Crippen LogP contribution in [0.25, 0.3) is 5.69 Å². The summed E-state index contributed by atoms with van der Waals surface area (Å²) in [5.41, 5.74) is 1.86. The molecule has 0 amide bonds. The number of hydrogen-bond donors (Lipinski definition) is 0. The fraction of sp³-hybridized carbons (Fsp3) is 0.316. The fourth-order valence-corrected chi connectivity index (χ4v) is 3.65. The minimum absolute atomic E-state index is 0.172. The molecule has 1 aromatic carbocycles. The van der Waals surface area contributed by atoms with Gasteiger partial charge in [0.05, 0.1) is 23.3 Å². The summed E-state index contributed by atoms with van der Waals surface area (Å²) in [6.45, 7) is 5.81. The van der Waals surface area contributed by atoms with Gasteiger partial charge in [0.15, 0.2) is 0 Å². The molecular formula is C19H19Cl2N5O2. The van der Waals surface area contributed by atoms with Gasteiger partial charge < -0.3 is 9.42 Å². The van der Waals surface area contributed by atoms with Crippen LogP contribution in [0, 0.1) is 6.92 Å². The van der Waals surface area contributed by atoms with Gasteiger partial charge in [0.1, 0.15) is 10.8 Å². The van der Waals surface area contributed by atoms with E-state index in [9.17, 15) is 4.79 Å². The zero-order chi connectivity index (χ0) is 19.7. The van der Waals surface area contributed by atoms with E-state index in [1.54, 1.807) is 30.5 Å². The predicted molar refractivity (Wildman–Crippen MR) is 109 cm³/mol. The number of benzene rings is 1. The Labute approximate surface area is 172 Å². The highest BCUT2D eigenvalue weighted by molar-refractivity contribution is 6.33. The van der Waals surface area contributed by atoms with Crippen LogP contribution in [0.15, 0.2) is 45.8 Å². The van der Waals surface area contributed by atoms with Gasteiger partial charge in [-0.15, -0.1) is 0 Å². The van der Waals surface area contributed by atoms with E-state index in [0.29, 0.717) is 16.4 Å². The topological polar surface area (TPSA) is 67.4 Å². The Morgan fingerprint density at radius 3 is 2.46 bits per heavy atom. The Morgan fingerprint density at radius 2 is 1.82 bits per heavy atom. The van der Waals surface area contributed by atoms with E-state index in [0.717, 1.165) is 44.2 Å². The van der Waals surface area contributed by atoms with Crippen molar-refractivity contribution < 1.29 is 4.52 Å². The van der Waals surface area contributed by atoms with Gasteiger partial charge in [0, 0.05) is 43.8 Å². The minimum Gasteiger partial charge on any atom is -0.366 e. The number of anilines is 1. The Balaban J connectivity index is 1.47. The van der Waals surface area contributed by atoms with Crippen LogP contribution in [0.1, 0.15) is 11.5 Å². The van der Waals surface area contributed by atoms with Crippen molar-refractivity contribution in [1.29, 1.82) is 0 Å². The molecule has 2 aromatic heterocycles. The Bertz CT molecular complexity index is 1020. The van der Waals surface area contributed by atoms with E-state index < -0.39 is 0 Å². The zero-order valence-corrected chi connectivity index (χ0v) is 16.8. The van der Waals surface area contributed by atoms with Gasteiger partial charge >= 0.3 is 0 Å². The second kappa shape index (κ2) is 7.95. The molecule has 0 saturated carbocycles. The number of rotatable bonds is 4. The van der Waals surface area contributed by atoms with Crippen LogP contribution in [-0.4, -0.2) is 46.0 Å². The Hall–Kier alpha value is -2.35. The molecule has 0 aliphatic carbocycles. The molecule has 0 radical (unpaired) electrons. The second-order valence-electron chi connectivity index (χ2n) is 6.73. The SMILES string of the molecule is Cc1cc(CN2CCN(c3cnn(-c4ccc(Cl)cc4)c(=O)c3Cl)CC2)no1. The molecule has 1 aliphatic rings. The molecule has 7 nitrogen and oxygen atoms in total. The number of hydrogen-bond acceptors (Lipinski definition) is 6. The van der Waals surface area contributed by atoms with Gasteiger partial charge in [-0.3, -0.25) is 9.69 Å². The first-order valence-electron chi connectivity index (χ1n) is 8.94. The molecule has 0 spiro atoms. The summed E-state index contributed by atoms with van der Waals surface area (Å²) in [6, 6.07) is 8.84. The summed E-state index contributed by atoms with van der Waals surface area (Å²) in [7, 11) is 0. The summed E-state index contributed by atoms with van der Waals surface area (Å²) in [5.74, 6) is 0.813. The van der Waals surface area contributed by atoms with E-state index in [-0.39, 0.29) is 10.6 Å². The number of nitrogens with zero attached hydrogens (tertiary/aromatic N) is 5. The predicted octanol–water partition coefficient (Wildman–Crippen LogP) is 3.16. The summed E-state index contributed by atoms with van der Waals surface area (Å²) >= 11 is 12.3. The van der Waals surface area contributed by atoms with Gasteiger partial charge in [0.25, 0.3) is 5.56 Å². The maximum absolute atomic E-state index is 12.7. The lowest BCUT2D eigenvalue weighted by Crippen LogP contribution is -2.46. The third-order valence-electron chi connectivity index (χ3n) is 4.75. The van der Waals surface area contributed by atoms with Gasteiger partial charge in [-0.1, -0.05) is 28.4 Å². The minimum atomic E-state index is -0.345. The zero-order valence-electron chi connectivity index (χ0n) is 15.3. The molecule has 1 fully saturated rings. The fourth-order valence-electron chi connectivity index (χ4n) is 3.28. The van der Waals surface area contributed by atoms with Gasteiger partial charge in [-0.2, -0.15) is 9.78 Å². The van der Waals surface area contributed by atoms with Crippen molar-refractivity contribution in [3.63, 3.8) is 0 Å². The number of halogens is 2. The molecule has 9 heteroatoms. The van der Waals surface area contributed by atoms with Gasteiger partial charge in [-0.05, 0) is 31.2 Å². The molecule has 0 N–H and O–H groups in total. The molecular weight excluding hydrogens is 401 g/mol. The maximum Gasteiger partial charge on any atom is 0.292 e. The van der Waals surface area contributed by atoms with Crippen molar-refractivity contribution in [2.75, 3.05) is 31.1 Å². The Kier molecular flexibility index (Phi) is 5.39. The number of aromatic nitrogens is 3.